The van der Waals surface area contributed by atoms with Gasteiger partial charge >= 0.3 is 5.97 Å². The maximum atomic E-state index is 12.3. The summed E-state index contributed by atoms with van der Waals surface area (Å²) in [4.78, 5) is 41.6. The van der Waals surface area contributed by atoms with E-state index < -0.39 is 12.0 Å². The van der Waals surface area contributed by atoms with Crippen LogP contribution in [-0.2, 0) is 9.59 Å². The summed E-state index contributed by atoms with van der Waals surface area (Å²) < 4.78 is 0. The van der Waals surface area contributed by atoms with E-state index in [4.69, 9.17) is 0 Å². The quantitative estimate of drug-likeness (QED) is 0.848. The van der Waals surface area contributed by atoms with Gasteiger partial charge in [0.15, 0.2) is 0 Å². The molecule has 23 heavy (non-hydrogen) atoms. The van der Waals surface area contributed by atoms with Gasteiger partial charge in [0.1, 0.15) is 11.7 Å². The summed E-state index contributed by atoms with van der Waals surface area (Å²) in [6.07, 6.45) is 3.66. The summed E-state index contributed by atoms with van der Waals surface area (Å²) in [5, 5.41) is 9.35. The number of carboxylic acids is 1. The van der Waals surface area contributed by atoms with Crippen LogP contribution in [0.2, 0.25) is 0 Å². The lowest BCUT2D eigenvalue weighted by Crippen LogP contribution is -2.44. The van der Waals surface area contributed by atoms with Crippen LogP contribution >= 0.6 is 0 Å². The van der Waals surface area contributed by atoms with Crippen molar-refractivity contribution in [2.75, 3.05) is 19.6 Å². The van der Waals surface area contributed by atoms with Crippen LogP contribution < -0.4 is 0 Å². The van der Waals surface area contributed by atoms with E-state index in [1.54, 1.807) is 23.2 Å². The second-order valence-corrected chi connectivity index (χ2v) is 6.58. The fourth-order valence-electron chi connectivity index (χ4n) is 3.79. The van der Waals surface area contributed by atoms with Crippen molar-refractivity contribution in [1.82, 2.24) is 14.8 Å². The lowest BCUT2D eigenvalue weighted by Gasteiger charge is -2.39. The van der Waals surface area contributed by atoms with Gasteiger partial charge in [0.05, 0.1) is 0 Å². The molecule has 1 aromatic rings. The minimum Gasteiger partial charge on any atom is -0.480 e. The van der Waals surface area contributed by atoms with Gasteiger partial charge < -0.3 is 19.9 Å². The molecule has 2 aliphatic heterocycles. The first kappa shape index (κ1) is 15.6. The molecule has 124 valence electrons. The SMILES string of the molecule is CC(=O)N1CC2(CCN(C(=O)c3ccc[nH]3)CC2)C[C@H]1C(=O)O. The average molecular weight is 319 g/mol. The fraction of sp³-hybridized carbons (Fsp3) is 0.562. The summed E-state index contributed by atoms with van der Waals surface area (Å²) in [5.41, 5.74) is 0.391. The average Bonchev–Trinajstić information content (AvgIpc) is 3.15. The molecular weight excluding hydrogens is 298 g/mol. The van der Waals surface area contributed by atoms with Crippen LogP contribution in [0, 0.1) is 5.41 Å². The van der Waals surface area contributed by atoms with Gasteiger partial charge in [-0.15, -0.1) is 0 Å². The number of carbonyl (C=O) groups excluding carboxylic acids is 2. The van der Waals surface area contributed by atoms with Crippen molar-refractivity contribution in [3.8, 4) is 0 Å². The van der Waals surface area contributed by atoms with E-state index in [0.717, 1.165) is 12.8 Å². The van der Waals surface area contributed by atoms with Crippen LogP contribution in [0.5, 0.6) is 0 Å². The molecule has 1 spiro atoms. The molecule has 3 rings (SSSR count). The Morgan fingerprint density at radius 3 is 2.48 bits per heavy atom. The number of aliphatic carboxylic acids is 1. The smallest absolute Gasteiger partial charge is 0.326 e. The number of piperidine rings is 1. The second kappa shape index (κ2) is 5.72. The Kier molecular flexibility index (Phi) is 3.87. The van der Waals surface area contributed by atoms with E-state index in [-0.39, 0.29) is 17.2 Å². The van der Waals surface area contributed by atoms with Crippen LogP contribution in [0.4, 0.5) is 0 Å². The molecule has 0 unspecified atom stereocenters. The van der Waals surface area contributed by atoms with Crippen LogP contribution in [0.1, 0.15) is 36.7 Å². The zero-order valence-electron chi connectivity index (χ0n) is 13.1. The maximum Gasteiger partial charge on any atom is 0.326 e. The molecule has 0 aromatic carbocycles. The summed E-state index contributed by atoms with van der Waals surface area (Å²) in [6.45, 7) is 3.08. The summed E-state index contributed by atoms with van der Waals surface area (Å²) in [5.74, 6) is -1.16. The number of hydrogen-bond acceptors (Lipinski definition) is 3. The highest BCUT2D eigenvalue weighted by Gasteiger charge is 2.49. The van der Waals surface area contributed by atoms with Crippen LogP contribution in [0.15, 0.2) is 18.3 Å². The number of H-pyrrole nitrogens is 1. The number of hydrogen-bond donors (Lipinski definition) is 2. The Morgan fingerprint density at radius 2 is 2.00 bits per heavy atom. The summed E-state index contributed by atoms with van der Waals surface area (Å²) >= 11 is 0. The Balaban J connectivity index is 1.67. The van der Waals surface area contributed by atoms with Crippen molar-refractivity contribution in [3.63, 3.8) is 0 Å². The molecular formula is C16H21N3O4. The summed E-state index contributed by atoms with van der Waals surface area (Å²) in [7, 11) is 0. The second-order valence-electron chi connectivity index (χ2n) is 6.58. The molecule has 3 heterocycles. The van der Waals surface area contributed by atoms with Gasteiger partial charge in [-0.25, -0.2) is 4.79 Å². The Labute approximate surface area is 134 Å². The van der Waals surface area contributed by atoms with E-state index in [9.17, 15) is 19.5 Å². The van der Waals surface area contributed by atoms with E-state index >= 15 is 0 Å². The van der Waals surface area contributed by atoms with Gasteiger partial charge in [-0.1, -0.05) is 0 Å². The number of aromatic amines is 1. The fourth-order valence-corrected chi connectivity index (χ4v) is 3.79. The Hall–Kier alpha value is -2.31. The molecule has 2 N–H and O–H groups in total. The van der Waals surface area contributed by atoms with Gasteiger partial charge in [0.2, 0.25) is 5.91 Å². The van der Waals surface area contributed by atoms with Crippen molar-refractivity contribution in [2.45, 2.75) is 32.2 Å². The van der Waals surface area contributed by atoms with E-state index in [0.29, 0.717) is 31.7 Å². The molecule has 0 radical (unpaired) electrons. The molecule has 0 bridgehead atoms. The topological polar surface area (TPSA) is 93.7 Å². The van der Waals surface area contributed by atoms with Gasteiger partial charge in [-0.2, -0.15) is 0 Å². The largest absolute Gasteiger partial charge is 0.480 e. The standard InChI is InChI=1S/C16H21N3O4/c1-11(20)19-10-16(9-13(19)15(22)23)4-7-18(8-5-16)14(21)12-3-2-6-17-12/h2-3,6,13,17H,4-5,7-10H2,1H3,(H,22,23)/t13-/m0/s1. The molecule has 7 heteroatoms. The number of carboxylic acid groups (broad SMARTS) is 1. The molecule has 0 saturated carbocycles. The third-order valence-electron chi connectivity index (χ3n) is 5.14. The van der Waals surface area contributed by atoms with Crippen LogP contribution in [0.25, 0.3) is 0 Å². The van der Waals surface area contributed by atoms with Crippen molar-refractivity contribution >= 4 is 17.8 Å². The van der Waals surface area contributed by atoms with Crippen LogP contribution in [-0.4, -0.2) is 63.4 Å². The lowest BCUT2D eigenvalue weighted by molar-refractivity contribution is -0.147. The number of nitrogens with zero attached hydrogens (tertiary/aromatic N) is 2. The zero-order valence-corrected chi connectivity index (χ0v) is 13.1. The normalized spacial score (nSPS) is 23.3. The number of rotatable bonds is 2. The van der Waals surface area contributed by atoms with Gasteiger partial charge in [0, 0.05) is 32.8 Å². The highest BCUT2D eigenvalue weighted by molar-refractivity contribution is 5.92. The third kappa shape index (κ3) is 2.83. The molecule has 2 amide bonds. The predicted octanol–water partition coefficient (Wildman–Crippen LogP) is 0.942. The van der Waals surface area contributed by atoms with Crippen molar-refractivity contribution in [3.05, 3.63) is 24.0 Å². The van der Waals surface area contributed by atoms with Gasteiger partial charge in [-0.3, -0.25) is 9.59 Å². The lowest BCUT2D eigenvalue weighted by atomic mass is 9.76. The van der Waals surface area contributed by atoms with Crippen molar-refractivity contribution < 1.29 is 19.5 Å². The van der Waals surface area contributed by atoms with E-state index in [1.807, 2.05) is 0 Å². The first-order valence-electron chi connectivity index (χ1n) is 7.85. The number of likely N-dealkylation sites (tertiary alicyclic amines) is 2. The summed E-state index contributed by atoms with van der Waals surface area (Å²) in [6, 6.07) is 2.80. The van der Waals surface area contributed by atoms with E-state index in [1.165, 1.54) is 11.8 Å². The minimum absolute atomic E-state index is 0.0268. The first-order valence-corrected chi connectivity index (χ1v) is 7.85. The monoisotopic (exact) mass is 319 g/mol. The molecule has 0 aliphatic carbocycles. The van der Waals surface area contributed by atoms with Crippen molar-refractivity contribution in [1.29, 1.82) is 0 Å². The molecule has 2 saturated heterocycles. The number of amides is 2. The predicted molar refractivity (Wildman–Crippen MR) is 81.8 cm³/mol. The molecule has 2 aliphatic rings. The van der Waals surface area contributed by atoms with Gasteiger partial charge in [-0.05, 0) is 36.8 Å². The number of aromatic nitrogens is 1. The Bertz CT molecular complexity index is 593. The number of nitrogens with one attached hydrogen (secondary N) is 1. The van der Waals surface area contributed by atoms with Crippen molar-refractivity contribution in [2.24, 2.45) is 5.41 Å². The van der Waals surface area contributed by atoms with Crippen LogP contribution in [0.3, 0.4) is 0 Å². The number of carbonyl (C=O) groups is 3. The maximum absolute atomic E-state index is 12.3. The molecule has 7 nitrogen and oxygen atoms in total. The first-order chi connectivity index (χ1) is 10.9. The molecule has 2 fully saturated rings. The minimum atomic E-state index is -0.943. The Morgan fingerprint density at radius 1 is 1.30 bits per heavy atom. The molecule has 1 aromatic heterocycles. The third-order valence-corrected chi connectivity index (χ3v) is 5.14. The highest BCUT2D eigenvalue weighted by atomic mass is 16.4. The van der Waals surface area contributed by atoms with Gasteiger partial charge in [0.25, 0.3) is 5.91 Å². The zero-order chi connectivity index (χ0) is 16.6. The van der Waals surface area contributed by atoms with E-state index in [2.05, 4.69) is 4.98 Å². The molecule has 1 atom stereocenters. The highest BCUT2D eigenvalue weighted by Crippen LogP contribution is 2.43.